The number of methoxy groups -OCH3 is 2. The van der Waals surface area contributed by atoms with Gasteiger partial charge in [0.2, 0.25) is 0 Å². The van der Waals surface area contributed by atoms with Crippen molar-refractivity contribution in [2.75, 3.05) is 20.8 Å². The average molecular weight is 164 g/mol. The molecule has 68 valence electrons. The molecule has 4 nitrogen and oxygen atoms in total. The molecule has 11 heavy (non-hydrogen) atoms. The summed E-state index contributed by atoms with van der Waals surface area (Å²) >= 11 is 0. The Kier molecular flexibility index (Phi) is 5.41. The fraction of sp³-hybridized carbons (Fsp3) is 1.00. The third-order valence-electron chi connectivity index (χ3n) is 1.72. The van der Waals surface area contributed by atoms with Crippen LogP contribution in [0.5, 0.6) is 0 Å². The average Bonchev–Trinajstić information content (AvgIpc) is 2.05. The predicted molar refractivity (Wildman–Crippen MR) is 40.4 cm³/mol. The number of aliphatic hydroxyl groups is 2. The van der Waals surface area contributed by atoms with Crippen molar-refractivity contribution in [1.82, 2.24) is 0 Å². The van der Waals surface area contributed by atoms with Crippen LogP contribution in [0.4, 0.5) is 0 Å². The van der Waals surface area contributed by atoms with Crippen LogP contribution < -0.4 is 0 Å². The molecule has 0 saturated carbocycles. The number of hydrogen-bond donors (Lipinski definition) is 2. The summed E-state index contributed by atoms with van der Waals surface area (Å²) in [5, 5.41) is 18.1. The summed E-state index contributed by atoms with van der Waals surface area (Å²) < 4.78 is 9.66. The summed E-state index contributed by atoms with van der Waals surface area (Å²) in [4.78, 5) is 0. The maximum atomic E-state index is 9.37. The van der Waals surface area contributed by atoms with Gasteiger partial charge in [-0.2, -0.15) is 0 Å². The standard InChI is InChI=1S/C7H16O4/c1-5(10-2)7(9)6(4-8)11-3/h5-9H,4H2,1-3H3. The molecule has 0 bridgehead atoms. The smallest absolute Gasteiger partial charge is 0.109 e. The fourth-order valence-electron chi connectivity index (χ4n) is 0.764. The molecule has 0 aromatic heterocycles. The monoisotopic (exact) mass is 164 g/mol. The van der Waals surface area contributed by atoms with Gasteiger partial charge in [-0.3, -0.25) is 0 Å². The van der Waals surface area contributed by atoms with E-state index in [9.17, 15) is 5.11 Å². The molecule has 0 heterocycles. The van der Waals surface area contributed by atoms with Crippen LogP contribution in [-0.2, 0) is 9.47 Å². The zero-order chi connectivity index (χ0) is 8.85. The molecule has 2 N–H and O–H groups in total. The van der Waals surface area contributed by atoms with E-state index in [1.165, 1.54) is 14.2 Å². The van der Waals surface area contributed by atoms with Crippen molar-refractivity contribution in [3.05, 3.63) is 0 Å². The lowest BCUT2D eigenvalue weighted by atomic mass is 10.1. The molecule has 0 amide bonds. The zero-order valence-corrected chi connectivity index (χ0v) is 7.15. The highest BCUT2D eigenvalue weighted by atomic mass is 16.5. The Labute approximate surface area is 66.7 Å². The molecule has 0 aromatic rings. The Hall–Kier alpha value is -0.160. The van der Waals surface area contributed by atoms with Gasteiger partial charge < -0.3 is 19.7 Å². The van der Waals surface area contributed by atoms with Crippen LogP contribution in [0, 0.1) is 0 Å². The van der Waals surface area contributed by atoms with E-state index >= 15 is 0 Å². The number of aliphatic hydroxyl groups excluding tert-OH is 2. The normalized spacial score (nSPS) is 19.4. The van der Waals surface area contributed by atoms with Gasteiger partial charge >= 0.3 is 0 Å². The maximum Gasteiger partial charge on any atom is 0.109 e. The van der Waals surface area contributed by atoms with Crippen molar-refractivity contribution >= 4 is 0 Å². The Morgan fingerprint density at radius 3 is 2.09 bits per heavy atom. The molecule has 3 unspecified atom stereocenters. The molecule has 4 heteroatoms. The highest BCUT2D eigenvalue weighted by Crippen LogP contribution is 2.04. The molecule has 0 aromatic carbocycles. The molecule has 0 aliphatic carbocycles. The molecule has 0 fully saturated rings. The lowest BCUT2D eigenvalue weighted by molar-refractivity contribution is -0.0975. The SMILES string of the molecule is COC(C)C(O)C(CO)OC. The van der Waals surface area contributed by atoms with E-state index in [-0.39, 0.29) is 12.7 Å². The molecular weight excluding hydrogens is 148 g/mol. The van der Waals surface area contributed by atoms with Gasteiger partial charge in [-0.1, -0.05) is 0 Å². The highest BCUT2D eigenvalue weighted by Gasteiger charge is 2.23. The molecule has 0 aliphatic heterocycles. The lowest BCUT2D eigenvalue weighted by Gasteiger charge is -2.23. The minimum absolute atomic E-state index is 0.203. The molecule has 0 aliphatic rings. The van der Waals surface area contributed by atoms with Crippen molar-refractivity contribution in [3.63, 3.8) is 0 Å². The summed E-state index contributed by atoms with van der Waals surface area (Å²) in [5.74, 6) is 0. The first kappa shape index (κ1) is 10.8. The number of hydrogen-bond acceptors (Lipinski definition) is 4. The quantitative estimate of drug-likeness (QED) is 0.569. The zero-order valence-electron chi connectivity index (χ0n) is 7.15. The largest absolute Gasteiger partial charge is 0.394 e. The van der Waals surface area contributed by atoms with Crippen LogP contribution in [-0.4, -0.2) is 49.4 Å². The predicted octanol–water partition coefficient (Wildman–Crippen LogP) is -0.611. The molecule has 0 radical (unpaired) electrons. The second kappa shape index (κ2) is 5.49. The minimum Gasteiger partial charge on any atom is -0.394 e. The van der Waals surface area contributed by atoms with E-state index in [1.807, 2.05) is 0 Å². The molecular formula is C7H16O4. The van der Waals surface area contributed by atoms with Gasteiger partial charge in [-0.15, -0.1) is 0 Å². The van der Waals surface area contributed by atoms with E-state index in [1.54, 1.807) is 6.92 Å². The lowest BCUT2D eigenvalue weighted by Crippen LogP contribution is -2.40. The van der Waals surface area contributed by atoms with Crippen molar-refractivity contribution < 1.29 is 19.7 Å². The summed E-state index contributed by atoms with van der Waals surface area (Å²) in [6.07, 6.45) is -1.67. The van der Waals surface area contributed by atoms with Crippen molar-refractivity contribution in [2.45, 2.75) is 25.2 Å². The van der Waals surface area contributed by atoms with Crippen LogP contribution in [0.15, 0.2) is 0 Å². The maximum absolute atomic E-state index is 9.37. The Balaban J connectivity index is 3.86. The fourth-order valence-corrected chi connectivity index (χ4v) is 0.764. The van der Waals surface area contributed by atoms with Gasteiger partial charge in [0, 0.05) is 14.2 Å². The number of ether oxygens (including phenoxy) is 2. The van der Waals surface area contributed by atoms with Crippen molar-refractivity contribution in [3.8, 4) is 0 Å². The van der Waals surface area contributed by atoms with Crippen molar-refractivity contribution in [2.24, 2.45) is 0 Å². The summed E-state index contributed by atoms with van der Waals surface area (Å²) in [5.41, 5.74) is 0. The molecule has 0 spiro atoms. The third kappa shape index (κ3) is 3.16. The van der Waals surface area contributed by atoms with E-state index in [4.69, 9.17) is 14.6 Å². The van der Waals surface area contributed by atoms with Crippen LogP contribution in [0.3, 0.4) is 0 Å². The third-order valence-corrected chi connectivity index (χ3v) is 1.72. The first-order valence-electron chi connectivity index (χ1n) is 3.51. The second-order valence-corrected chi connectivity index (χ2v) is 2.39. The molecule has 0 saturated heterocycles. The summed E-state index contributed by atoms with van der Waals surface area (Å²) in [7, 11) is 2.93. The van der Waals surface area contributed by atoms with Gasteiger partial charge in [0.1, 0.15) is 12.2 Å². The van der Waals surface area contributed by atoms with E-state index < -0.39 is 12.2 Å². The van der Waals surface area contributed by atoms with E-state index in [2.05, 4.69) is 0 Å². The summed E-state index contributed by atoms with van der Waals surface area (Å²) in [6, 6.07) is 0. The van der Waals surface area contributed by atoms with Crippen LogP contribution in [0.2, 0.25) is 0 Å². The van der Waals surface area contributed by atoms with Crippen LogP contribution in [0.1, 0.15) is 6.92 Å². The summed E-state index contributed by atoms with van der Waals surface area (Å²) in [6.45, 7) is 1.51. The first-order valence-corrected chi connectivity index (χ1v) is 3.51. The number of rotatable bonds is 5. The van der Waals surface area contributed by atoms with E-state index in [0.29, 0.717) is 0 Å². The Morgan fingerprint density at radius 2 is 1.82 bits per heavy atom. The topological polar surface area (TPSA) is 58.9 Å². The van der Waals surface area contributed by atoms with Gasteiger partial charge in [-0.05, 0) is 6.92 Å². The highest BCUT2D eigenvalue weighted by molar-refractivity contribution is 4.73. The molecule has 0 rings (SSSR count). The van der Waals surface area contributed by atoms with Gasteiger partial charge in [0.05, 0.1) is 12.7 Å². The van der Waals surface area contributed by atoms with E-state index in [0.717, 1.165) is 0 Å². The van der Waals surface area contributed by atoms with Crippen LogP contribution in [0.25, 0.3) is 0 Å². The first-order chi connectivity index (χ1) is 5.17. The molecule has 3 atom stereocenters. The Bertz CT molecular complexity index is 92.4. The Morgan fingerprint density at radius 1 is 1.27 bits per heavy atom. The van der Waals surface area contributed by atoms with Crippen LogP contribution >= 0.6 is 0 Å². The van der Waals surface area contributed by atoms with Gasteiger partial charge in [-0.25, -0.2) is 0 Å². The van der Waals surface area contributed by atoms with Gasteiger partial charge in [0.25, 0.3) is 0 Å². The van der Waals surface area contributed by atoms with Gasteiger partial charge in [0.15, 0.2) is 0 Å². The van der Waals surface area contributed by atoms with Crippen molar-refractivity contribution in [1.29, 1.82) is 0 Å². The minimum atomic E-state index is -0.782. The second-order valence-electron chi connectivity index (χ2n) is 2.39.